The van der Waals surface area contributed by atoms with Crippen LogP contribution >= 0.6 is 0 Å². The lowest BCUT2D eigenvalue weighted by atomic mass is 10.1. The van der Waals surface area contributed by atoms with Gasteiger partial charge in [-0.1, -0.05) is 13.8 Å². The Morgan fingerprint density at radius 3 is 2.61 bits per heavy atom. The molecule has 1 unspecified atom stereocenters. The lowest BCUT2D eigenvalue weighted by molar-refractivity contribution is -0.384. The Morgan fingerprint density at radius 2 is 2.17 bits per heavy atom. The number of amides is 1. The Hall–Kier alpha value is -2.11. The minimum Gasteiger partial charge on any atom is -0.376 e. The molecule has 1 amide bonds. The first-order valence-electron chi connectivity index (χ1n) is 5.66. The van der Waals surface area contributed by atoms with Gasteiger partial charge in [-0.05, 0) is 24.0 Å². The standard InChI is InChI=1S/C12H15N3O3/c1-12(2)6-10(12)14-8-5-7(11(13)16)3-4-9(8)15(17)18/h3-5,10,14H,6H2,1-2H3,(H2,13,16). The van der Waals surface area contributed by atoms with Crippen molar-refractivity contribution in [1.82, 2.24) is 0 Å². The normalized spacial score (nSPS) is 20.2. The average Bonchev–Trinajstić information content (AvgIpc) is 2.85. The summed E-state index contributed by atoms with van der Waals surface area (Å²) < 4.78 is 0. The molecule has 3 N–H and O–H groups in total. The molecule has 18 heavy (non-hydrogen) atoms. The largest absolute Gasteiger partial charge is 0.376 e. The van der Waals surface area contributed by atoms with Crippen molar-refractivity contribution in [1.29, 1.82) is 0 Å². The molecule has 96 valence electrons. The third-order valence-corrected chi connectivity index (χ3v) is 3.32. The van der Waals surface area contributed by atoms with Crippen LogP contribution in [0.4, 0.5) is 11.4 Å². The van der Waals surface area contributed by atoms with Gasteiger partial charge in [0.05, 0.1) is 4.92 Å². The Kier molecular flexibility index (Phi) is 2.73. The molecule has 6 nitrogen and oxygen atoms in total. The fourth-order valence-electron chi connectivity index (χ4n) is 1.87. The molecule has 1 fully saturated rings. The highest BCUT2D eigenvalue weighted by atomic mass is 16.6. The van der Waals surface area contributed by atoms with Crippen LogP contribution < -0.4 is 11.1 Å². The van der Waals surface area contributed by atoms with Gasteiger partial charge in [0.1, 0.15) is 5.69 Å². The van der Waals surface area contributed by atoms with E-state index in [2.05, 4.69) is 19.2 Å². The number of nitro benzene ring substituents is 1. The number of primary amides is 1. The van der Waals surface area contributed by atoms with Gasteiger partial charge < -0.3 is 11.1 Å². The van der Waals surface area contributed by atoms with Gasteiger partial charge in [0.25, 0.3) is 5.69 Å². The molecule has 1 saturated carbocycles. The first-order chi connectivity index (χ1) is 8.31. The van der Waals surface area contributed by atoms with Crippen LogP contribution in [0.5, 0.6) is 0 Å². The van der Waals surface area contributed by atoms with Gasteiger partial charge in [0.15, 0.2) is 0 Å². The first kappa shape index (κ1) is 12.3. The van der Waals surface area contributed by atoms with Crippen molar-refractivity contribution in [3.05, 3.63) is 33.9 Å². The number of nitrogens with zero attached hydrogens (tertiary/aromatic N) is 1. The maximum Gasteiger partial charge on any atom is 0.292 e. The van der Waals surface area contributed by atoms with Crippen LogP contribution in [0.2, 0.25) is 0 Å². The van der Waals surface area contributed by atoms with Gasteiger partial charge in [0, 0.05) is 17.7 Å². The summed E-state index contributed by atoms with van der Waals surface area (Å²) in [5.41, 5.74) is 5.89. The van der Waals surface area contributed by atoms with Crippen molar-refractivity contribution in [2.24, 2.45) is 11.1 Å². The lowest BCUT2D eigenvalue weighted by Crippen LogP contribution is -2.14. The maximum atomic E-state index is 11.1. The van der Waals surface area contributed by atoms with E-state index in [1.54, 1.807) is 0 Å². The summed E-state index contributed by atoms with van der Waals surface area (Å²) in [6.07, 6.45) is 0.949. The number of hydrogen-bond acceptors (Lipinski definition) is 4. The number of carbonyl (C=O) groups excluding carboxylic acids is 1. The Balaban J connectivity index is 2.32. The molecule has 0 bridgehead atoms. The molecule has 1 atom stereocenters. The van der Waals surface area contributed by atoms with Crippen LogP contribution in [0.15, 0.2) is 18.2 Å². The number of nitro groups is 1. The van der Waals surface area contributed by atoms with Crippen molar-refractivity contribution in [2.75, 3.05) is 5.32 Å². The number of benzene rings is 1. The number of anilines is 1. The summed E-state index contributed by atoms with van der Waals surface area (Å²) in [6, 6.07) is 4.30. The van der Waals surface area contributed by atoms with Crippen molar-refractivity contribution >= 4 is 17.3 Å². The highest BCUT2D eigenvalue weighted by Gasteiger charge is 2.46. The summed E-state index contributed by atoms with van der Waals surface area (Å²) in [4.78, 5) is 21.5. The van der Waals surface area contributed by atoms with E-state index in [0.29, 0.717) is 5.69 Å². The minimum absolute atomic E-state index is 0.0392. The van der Waals surface area contributed by atoms with E-state index in [1.807, 2.05) is 0 Å². The zero-order valence-corrected chi connectivity index (χ0v) is 10.3. The summed E-state index contributed by atoms with van der Waals surface area (Å²) in [6.45, 7) is 4.16. The second-order valence-corrected chi connectivity index (χ2v) is 5.24. The predicted octanol–water partition coefficient (Wildman–Crippen LogP) is 1.90. The van der Waals surface area contributed by atoms with E-state index in [1.165, 1.54) is 18.2 Å². The van der Waals surface area contributed by atoms with Gasteiger partial charge in [-0.15, -0.1) is 0 Å². The highest BCUT2D eigenvalue weighted by molar-refractivity contribution is 5.94. The second-order valence-electron chi connectivity index (χ2n) is 5.24. The molecule has 0 aromatic heterocycles. The highest BCUT2D eigenvalue weighted by Crippen LogP contribution is 2.47. The number of rotatable bonds is 4. The number of nitrogens with two attached hydrogens (primary N) is 1. The first-order valence-corrected chi connectivity index (χ1v) is 5.66. The fraction of sp³-hybridized carbons (Fsp3) is 0.417. The third-order valence-electron chi connectivity index (χ3n) is 3.32. The molecule has 0 radical (unpaired) electrons. The number of nitrogens with one attached hydrogen (secondary N) is 1. The van der Waals surface area contributed by atoms with Gasteiger partial charge >= 0.3 is 0 Å². The second kappa shape index (κ2) is 3.97. The SMILES string of the molecule is CC1(C)CC1Nc1cc(C(N)=O)ccc1[N+](=O)[O-]. The zero-order chi connectivity index (χ0) is 13.5. The van der Waals surface area contributed by atoms with E-state index in [4.69, 9.17) is 5.73 Å². The van der Waals surface area contributed by atoms with Crippen LogP contribution in [-0.4, -0.2) is 16.9 Å². The third kappa shape index (κ3) is 2.27. The monoisotopic (exact) mass is 249 g/mol. The molecule has 1 aliphatic rings. The number of carbonyl (C=O) groups is 1. The smallest absolute Gasteiger partial charge is 0.292 e. The van der Waals surface area contributed by atoms with Crippen LogP contribution in [0.1, 0.15) is 30.6 Å². The molecular formula is C12H15N3O3. The van der Waals surface area contributed by atoms with Crippen molar-refractivity contribution < 1.29 is 9.72 Å². The Labute approximate surface area is 104 Å². The van der Waals surface area contributed by atoms with Crippen molar-refractivity contribution in [2.45, 2.75) is 26.3 Å². The van der Waals surface area contributed by atoms with Crippen LogP contribution in [0.25, 0.3) is 0 Å². The van der Waals surface area contributed by atoms with Gasteiger partial charge in [-0.25, -0.2) is 0 Å². The molecular weight excluding hydrogens is 234 g/mol. The topological polar surface area (TPSA) is 98.3 Å². The van der Waals surface area contributed by atoms with E-state index < -0.39 is 10.8 Å². The Bertz CT molecular complexity index is 525. The zero-order valence-electron chi connectivity index (χ0n) is 10.3. The minimum atomic E-state index is -0.594. The average molecular weight is 249 g/mol. The van der Waals surface area contributed by atoms with Gasteiger partial charge in [0.2, 0.25) is 5.91 Å². The van der Waals surface area contributed by atoms with Crippen molar-refractivity contribution in [3.63, 3.8) is 0 Å². The molecule has 2 rings (SSSR count). The van der Waals surface area contributed by atoms with Crippen LogP contribution in [0, 0.1) is 15.5 Å². The quantitative estimate of drug-likeness (QED) is 0.629. The van der Waals surface area contributed by atoms with E-state index >= 15 is 0 Å². The molecule has 1 aromatic carbocycles. The summed E-state index contributed by atoms with van der Waals surface area (Å²) >= 11 is 0. The fourth-order valence-corrected chi connectivity index (χ4v) is 1.87. The number of hydrogen-bond donors (Lipinski definition) is 2. The molecule has 1 aliphatic carbocycles. The van der Waals surface area contributed by atoms with Crippen molar-refractivity contribution in [3.8, 4) is 0 Å². The summed E-state index contributed by atoms with van der Waals surface area (Å²) in [5, 5.41) is 14.0. The van der Waals surface area contributed by atoms with Gasteiger partial charge in [-0.3, -0.25) is 14.9 Å². The summed E-state index contributed by atoms with van der Waals surface area (Å²) in [5.74, 6) is -0.594. The molecule has 0 saturated heterocycles. The van der Waals surface area contributed by atoms with E-state index in [-0.39, 0.29) is 22.7 Å². The lowest BCUT2D eigenvalue weighted by Gasteiger charge is -2.09. The molecule has 0 heterocycles. The molecule has 1 aromatic rings. The summed E-state index contributed by atoms with van der Waals surface area (Å²) in [7, 11) is 0. The van der Waals surface area contributed by atoms with E-state index in [9.17, 15) is 14.9 Å². The molecule has 0 spiro atoms. The van der Waals surface area contributed by atoms with Crippen LogP contribution in [-0.2, 0) is 0 Å². The maximum absolute atomic E-state index is 11.1. The molecule has 6 heteroatoms. The predicted molar refractivity (Wildman–Crippen MR) is 67.4 cm³/mol. The van der Waals surface area contributed by atoms with Gasteiger partial charge in [-0.2, -0.15) is 0 Å². The molecule has 0 aliphatic heterocycles. The van der Waals surface area contributed by atoms with E-state index in [0.717, 1.165) is 6.42 Å². The van der Waals surface area contributed by atoms with Crippen LogP contribution in [0.3, 0.4) is 0 Å². The Morgan fingerprint density at radius 1 is 1.56 bits per heavy atom.